The number of halogens is 1. The average molecular weight is 540 g/mol. The summed E-state index contributed by atoms with van der Waals surface area (Å²) in [6.07, 6.45) is 3.45. The zero-order valence-corrected chi connectivity index (χ0v) is 22.2. The van der Waals surface area contributed by atoms with E-state index in [1.807, 2.05) is 51.1 Å². The van der Waals surface area contributed by atoms with Gasteiger partial charge in [-0.1, -0.05) is 25.5 Å². The number of carbonyl (C=O) groups is 1. The number of carbonyl (C=O) groups excluding carboxylic acids is 1. The predicted octanol–water partition coefficient (Wildman–Crippen LogP) is 5.77. The molecule has 0 saturated carbocycles. The monoisotopic (exact) mass is 539 g/mol. The van der Waals surface area contributed by atoms with Gasteiger partial charge in [-0.25, -0.2) is 4.68 Å². The van der Waals surface area contributed by atoms with Gasteiger partial charge in [0.05, 0.1) is 23.8 Å². The first kappa shape index (κ1) is 24.8. The van der Waals surface area contributed by atoms with E-state index in [2.05, 4.69) is 43.6 Å². The Bertz CT molecular complexity index is 1280. The topological polar surface area (TPSA) is 90.3 Å². The second-order valence-electron chi connectivity index (χ2n) is 8.53. The molecule has 9 heteroatoms. The molecule has 4 rings (SSSR count). The van der Waals surface area contributed by atoms with Gasteiger partial charge in [0.2, 0.25) is 5.95 Å². The lowest BCUT2D eigenvalue weighted by Gasteiger charge is -2.29. The minimum Gasteiger partial charge on any atom is -0.493 e. The first-order chi connectivity index (χ1) is 16.8. The maximum Gasteiger partial charge on any atom is 0.255 e. The van der Waals surface area contributed by atoms with Crippen molar-refractivity contribution in [2.45, 2.75) is 46.6 Å². The molecular formula is C26H30BrN5O3. The largest absolute Gasteiger partial charge is 0.493 e. The molecule has 0 bridgehead atoms. The van der Waals surface area contributed by atoms with Crippen molar-refractivity contribution in [3.8, 4) is 11.5 Å². The van der Waals surface area contributed by atoms with Crippen molar-refractivity contribution in [1.82, 2.24) is 14.8 Å². The summed E-state index contributed by atoms with van der Waals surface area (Å²) in [5.41, 5.74) is 4.97. The van der Waals surface area contributed by atoms with Gasteiger partial charge < -0.3 is 20.1 Å². The summed E-state index contributed by atoms with van der Waals surface area (Å²) in [5, 5.41) is 10.7. The van der Waals surface area contributed by atoms with Crippen molar-refractivity contribution >= 4 is 33.5 Å². The Kier molecular flexibility index (Phi) is 7.45. The Morgan fingerprint density at radius 2 is 2.06 bits per heavy atom. The number of ether oxygens (including phenoxy) is 2. The van der Waals surface area contributed by atoms with Crippen LogP contribution in [-0.4, -0.2) is 34.4 Å². The number of hydrogen-bond acceptors (Lipinski definition) is 6. The van der Waals surface area contributed by atoms with E-state index in [0.717, 1.165) is 39.7 Å². The molecule has 8 nitrogen and oxygen atoms in total. The quantitative estimate of drug-likeness (QED) is 0.353. The molecule has 3 aromatic rings. The summed E-state index contributed by atoms with van der Waals surface area (Å²) in [4.78, 5) is 18.0. The SMILES string of the molecule is CCCCOc1c(Br)cc(C2C(C(=O)Nc3cccc(C)c3C)=C(C)Nc3ncnn32)cc1OC. The number of aryl methyl sites for hydroxylation is 1. The summed E-state index contributed by atoms with van der Waals surface area (Å²) in [5.74, 6) is 1.57. The minimum absolute atomic E-state index is 0.215. The molecule has 1 aliphatic heterocycles. The number of aromatic nitrogens is 3. The lowest BCUT2D eigenvalue weighted by Crippen LogP contribution is -2.31. The number of amides is 1. The Hall–Kier alpha value is -3.33. The van der Waals surface area contributed by atoms with Crippen molar-refractivity contribution in [2.24, 2.45) is 0 Å². The lowest BCUT2D eigenvalue weighted by atomic mass is 9.94. The van der Waals surface area contributed by atoms with Crippen molar-refractivity contribution in [3.05, 3.63) is 69.1 Å². The number of rotatable bonds is 8. The van der Waals surface area contributed by atoms with Crippen LogP contribution in [-0.2, 0) is 4.79 Å². The second kappa shape index (κ2) is 10.5. The number of unbranched alkanes of at least 4 members (excludes halogenated alkanes) is 1. The number of nitrogens with zero attached hydrogens (tertiary/aromatic N) is 3. The summed E-state index contributed by atoms with van der Waals surface area (Å²) >= 11 is 3.65. The highest BCUT2D eigenvalue weighted by molar-refractivity contribution is 9.10. The highest BCUT2D eigenvalue weighted by Crippen LogP contribution is 2.42. The van der Waals surface area contributed by atoms with Crippen molar-refractivity contribution in [3.63, 3.8) is 0 Å². The summed E-state index contributed by atoms with van der Waals surface area (Å²) in [6.45, 7) is 8.60. The van der Waals surface area contributed by atoms with E-state index in [-0.39, 0.29) is 5.91 Å². The fourth-order valence-electron chi connectivity index (χ4n) is 4.13. The molecule has 184 valence electrons. The maximum atomic E-state index is 13.7. The van der Waals surface area contributed by atoms with Gasteiger partial charge in [0.15, 0.2) is 11.5 Å². The Morgan fingerprint density at radius 1 is 1.26 bits per heavy atom. The zero-order chi connectivity index (χ0) is 25.1. The Morgan fingerprint density at radius 3 is 2.80 bits per heavy atom. The molecular weight excluding hydrogens is 510 g/mol. The Labute approximate surface area is 213 Å². The van der Waals surface area contributed by atoms with Gasteiger partial charge in [0.1, 0.15) is 12.4 Å². The molecule has 2 N–H and O–H groups in total. The number of benzene rings is 2. The molecule has 0 fully saturated rings. The van der Waals surface area contributed by atoms with Crippen LogP contribution in [0.15, 0.2) is 52.4 Å². The van der Waals surface area contributed by atoms with Crippen LogP contribution in [0.4, 0.5) is 11.6 Å². The molecule has 0 saturated heterocycles. The molecule has 1 aliphatic rings. The lowest BCUT2D eigenvalue weighted by molar-refractivity contribution is -0.113. The van der Waals surface area contributed by atoms with E-state index >= 15 is 0 Å². The molecule has 1 aromatic heterocycles. The van der Waals surface area contributed by atoms with Crippen LogP contribution in [0.5, 0.6) is 11.5 Å². The summed E-state index contributed by atoms with van der Waals surface area (Å²) < 4.78 is 14.1. The number of hydrogen-bond donors (Lipinski definition) is 2. The molecule has 1 atom stereocenters. The van der Waals surface area contributed by atoms with E-state index in [1.165, 1.54) is 6.33 Å². The number of allylic oxidation sites excluding steroid dienone is 1. The van der Waals surface area contributed by atoms with Gasteiger partial charge in [-0.2, -0.15) is 10.1 Å². The maximum absolute atomic E-state index is 13.7. The van der Waals surface area contributed by atoms with Crippen LogP contribution in [0.25, 0.3) is 0 Å². The van der Waals surface area contributed by atoms with E-state index in [9.17, 15) is 4.79 Å². The van der Waals surface area contributed by atoms with Gasteiger partial charge >= 0.3 is 0 Å². The van der Waals surface area contributed by atoms with E-state index < -0.39 is 6.04 Å². The first-order valence-corrected chi connectivity index (χ1v) is 12.4. The van der Waals surface area contributed by atoms with Crippen LogP contribution >= 0.6 is 15.9 Å². The van der Waals surface area contributed by atoms with Crippen LogP contribution in [0.2, 0.25) is 0 Å². The fraction of sp³-hybridized carbons (Fsp3) is 0.346. The number of fused-ring (bicyclic) bond motifs is 1. The van der Waals surface area contributed by atoms with E-state index in [4.69, 9.17) is 9.47 Å². The van der Waals surface area contributed by atoms with Gasteiger partial charge in [-0.3, -0.25) is 4.79 Å². The van der Waals surface area contributed by atoms with E-state index in [1.54, 1.807) is 11.8 Å². The fourth-order valence-corrected chi connectivity index (χ4v) is 4.70. The molecule has 0 radical (unpaired) electrons. The number of nitrogens with one attached hydrogen (secondary N) is 2. The average Bonchev–Trinajstić information content (AvgIpc) is 3.29. The molecule has 0 aliphatic carbocycles. The van der Waals surface area contributed by atoms with Crippen LogP contribution in [0.3, 0.4) is 0 Å². The molecule has 2 heterocycles. The van der Waals surface area contributed by atoms with Crippen LogP contribution < -0.4 is 20.1 Å². The third kappa shape index (κ3) is 4.91. The van der Waals surface area contributed by atoms with Gasteiger partial charge in [-0.15, -0.1) is 0 Å². The highest BCUT2D eigenvalue weighted by Gasteiger charge is 2.34. The molecule has 2 aromatic carbocycles. The molecule has 35 heavy (non-hydrogen) atoms. The second-order valence-corrected chi connectivity index (χ2v) is 9.39. The normalized spacial score (nSPS) is 14.9. The molecule has 0 spiro atoms. The third-order valence-corrected chi connectivity index (χ3v) is 6.79. The third-order valence-electron chi connectivity index (χ3n) is 6.20. The summed E-state index contributed by atoms with van der Waals surface area (Å²) in [6, 6.07) is 9.19. The summed E-state index contributed by atoms with van der Waals surface area (Å²) in [7, 11) is 1.61. The Balaban J connectivity index is 1.77. The standard InChI is InChI=1S/C26H30BrN5O3/c1-6-7-11-35-24-19(27)12-18(13-21(24)34-5)23-22(17(4)30-26-28-14-29-32(23)26)25(33)31-20-10-8-9-15(2)16(20)3/h8-10,12-14,23H,6-7,11H2,1-5H3,(H,31,33)(H,28,29,30). The van der Waals surface area contributed by atoms with E-state index in [0.29, 0.717) is 35.3 Å². The smallest absolute Gasteiger partial charge is 0.255 e. The van der Waals surface area contributed by atoms with Gasteiger partial charge in [0.25, 0.3) is 5.91 Å². The van der Waals surface area contributed by atoms with Crippen molar-refractivity contribution in [2.75, 3.05) is 24.4 Å². The van der Waals surface area contributed by atoms with Gasteiger partial charge in [-0.05, 0) is 78.0 Å². The van der Waals surface area contributed by atoms with Crippen molar-refractivity contribution in [1.29, 1.82) is 0 Å². The zero-order valence-electron chi connectivity index (χ0n) is 20.6. The number of anilines is 2. The van der Waals surface area contributed by atoms with Crippen molar-refractivity contribution < 1.29 is 14.3 Å². The van der Waals surface area contributed by atoms with Crippen LogP contribution in [0, 0.1) is 13.8 Å². The highest BCUT2D eigenvalue weighted by atomic mass is 79.9. The molecule has 1 unspecified atom stereocenters. The van der Waals surface area contributed by atoms with Gasteiger partial charge in [0, 0.05) is 11.4 Å². The minimum atomic E-state index is -0.520. The van der Waals surface area contributed by atoms with Crippen LogP contribution in [0.1, 0.15) is 49.4 Å². The predicted molar refractivity (Wildman–Crippen MR) is 140 cm³/mol. The molecule has 1 amide bonds. The first-order valence-electron chi connectivity index (χ1n) is 11.6. The number of methoxy groups -OCH3 is 1.